The van der Waals surface area contributed by atoms with E-state index in [4.69, 9.17) is 25.7 Å². The van der Waals surface area contributed by atoms with Crippen LogP contribution >= 0.6 is 0 Å². The summed E-state index contributed by atoms with van der Waals surface area (Å²) in [5.41, 5.74) is 11.8. The SMILES string of the molecule is COc1ccc(N)c(C(=O)OC(=O)c2cc(OC)ccc2N)c1. The maximum absolute atomic E-state index is 12.1. The van der Waals surface area contributed by atoms with Crippen molar-refractivity contribution in [2.24, 2.45) is 0 Å². The number of nitrogens with two attached hydrogens (primary N) is 2. The highest BCUT2D eigenvalue weighted by molar-refractivity contribution is 6.07. The monoisotopic (exact) mass is 316 g/mol. The van der Waals surface area contributed by atoms with Crippen LogP contribution in [-0.2, 0) is 4.74 Å². The number of anilines is 2. The van der Waals surface area contributed by atoms with Gasteiger partial charge in [0.1, 0.15) is 11.5 Å². The van der Waals surface area contributed by atoms with Crippen molar-refractivity contribution in [2.45, 2.75) is 0 Å². The number of hydrogen-bond acceptors (Lipinski definition) is 7. The average Bonchev–Trinajstić information content (AvgIpc) is 2.55. The van der Waals surface area contributed by atoms with Crippen LogP contribution in [0.4, 0.5) is 11.4 Å². The molecular formula is C16H16N2O5. The van der Waals surface area contributed by atoms with Crippen LogP contribution in [0.5, 0.6) is 11.5 Å². The average molecular weight is 316 g/mol. The Morgan fingerprint density at radius 2 is 1.17 bits per heavy atom. The summed E-state index contributed by atoms with van der Waals surface area (Å²) in [6, 6.07) is 8.93. The van der Waals surface area contributed by atoms with Crippen molar-refractivity contribution in [3.05, 3.63) is 47.5 Å². The summed E-state index contributed by atoms with van der Waals surface area (Å²) >= 11 is 0. The Balaban J connectivity index is 2.25. The fraction of sp³-hybridized carbons (Fsp3) is 0.125. The Hall–Kier alpha value is -3.22. The summed E-state index contributed by atoms with van der Waals surface area (Å²) in [4.78, 5) is 24.3. The molecule has 0 fully saturated rings. The fourth-order valence-corrected chi connectivity index (χ4v) is 1.87. The van der Waals surface area contributed by atoms with Crippen molar-refractivity contribution in [3.8, 4) is 11.5 Å². The van der Waals surface area contributed by atoms with Crippen LogP contribution in [-0.4, -0.2) is 26.2 Å². The molecule has 7 nitrogen and oxygen atoms in total. The Morgan fingerprint density at radius 3 is 1.52 bits per heavy atom. The molecule has 0 radical (unpaired) electrons. The molecule has 0 saturated carbocycles. The lowest BCUT2D eigenvalue weighted by atomic mass is 10.1. The van der Waals surface area contributed by atoms with Gasteiger partial charge in [0, 0.05) is 11.4 Å². The molecule has 2 aromatic carbocycles. The van der Waals surface area contributed by atoms with E-state index in [1.54, 1.807) is 12.1 Å². The van der Waals surface area contributed by atoms with Crippen LogP contribution in [0.25, 0.3) is 0 Å². The van der Waals surface area contributed by atoms with Gasteiger partial charge in [-0.1, -0.05) is 0 Å². The molecule has 7 heteroatoms. The third-order valence-corrected chi connectivity index (χ3v) is 3.15. The predicted molar refractivity (Wildman–Crippen MR) is 84.6 cm³/mol. The fourth-order valence-electron chi connectivity index (χ4n) is 1.87. The van der Waals surface area contributed by atoms with Gasteiger partial charge in [-0.15, -0.1) is 0 Å². The minimum atomic E-state index is -0.895. The van der Waals surface area contributed by atoms with Gasteiger partial charge >= 0.3 is 11.9 Å². The number of hydrogen-bond donors (Lipinski definition) is 2. The molecule has 2 rings (SSSR count). The molecule has 0 aromatic heterocycles. The van der Waals surface area contributed by atoms with Crippen molar-refractivity contribution in [1.29, 1.82) is 0 Å². The number of nitrogen functional groups attached to an aromatic ring is 2. The standard InChI is InChI=1S/C16H16N2O5/c1-21-9-3-5-13(17)11(7-9)15(19)23-16(20)12-8-10(22-2)4-6-14(12)18/h3-8H,17-18H2,1-2H3. The lowest BCUT2D eigenvalue weighted by Gasteiger charge is -2.09. The van der Waals surface area contributed by atoms with E-state index in [0.29, 0.717) is 11.5 Å². The van der Waals surface area contributed by atoms with Crippen molar-refractivity contribution < 1.29 is 23.8 Å². The maximum atomic E-state index is 12.1. The highest BCUT2D eigenvalue weighted by atomic mass is 16.6. The van der Waals surface area contributed by atoms with Crippen LogP contribution in [0.1, 0.15) is 20.7 Å². The second kappa shape index (κ2) is 6.69. The van der Waals surface area contributed by atoms with Gasteiger partial charge in [-0.05, 0) is 36.4 Å². The predicted octanol–water partition coefficient (Wildman–Crippen LogP) is 1.87. The molecule has 2 aromatic rings. The lowest BCUT2D eigenvalue weighted by molar-refractivity contribution is 0.0399. The highest BCUT2D eigenvalue weighted by Gasteiger charge is 2.20. The Labute approximate surface area is 132 Å². The molecule has 0 aliphatic heterocycles. The molecule has 0 aliphatic carbocycles. The molecule has 120 valence electrons. The van der Waals surface area contributed by atoms with E-state index in [0.717, 1.165) is 0 Å². The first-order valence-corrected chi connectivity index (χ1v) is 6.59. The molecular weight excluding hydrogens is 300 g/mol. The normalized spacial score (nSPS) is 10.0. The van der Waals surface area contributed by atoms with Gasteiger partial charge in [0.05, 0.1) is 25.3 Å². The van der Waals surface area contributed by atoms with E-state index >= 15 is 0 Å². The van der Waals surface area contributed by atoms with E-state index in [-0.39, 0.29) is 22.5 Å². The largest absolute Gasteiger partial charge is 0.497 e. The van der Waals surface area contributed by atoms with Gasteiger partial charge in [-0.2, -0.15) is 0 Å². The van der Waals surface area contributed by atoms with Crippen molar-refractivity contribution in [3.63, 3.8) is 0 Å². The molecule has 0 aliphatic rings. The Bertz CT molecular complexity index is 695. The third kappa shape index (κ3) is 3.52. The van der Waals surface area contributed by atoms with Crippen LogP contribution in [0.2, 0.25) is 0 Å². The first-order valence-electron chi connectivity index (χ1n) is 6.59. The number of benzene rings is 2. The quantitative estimate of drug-likeness (QED) is 0.502. The molecule has 0 unspecified atom stereocenters. The minimum absolute atomic E-state index is 0.0270. The van der Waals surface area contributed by atoms with E-state index in [9.17, 15) is 9.59 Å². The van der Waals surface area contributed by atoms with E-state index < -0.39 is 11.9 Å². The van der Waals surface area contributed by atoms with Gasteiger partial charge in [0.15, 0.2) is 0 Å². The highest BCUT2D eigenvalue weighted by Crippen LogP contribution is 2.23. The first-order chi connectivity index (χ1) is 11.0. The number of rotatable bonds is 4. The summed E-state index contributed by atoms with van der Waals surface area (Å²) in [5, 5.41) is 0. The topological polar surface area (TPSA) is 114 Å². The van der Waals surface area contributed by atoms with E-state index in [2.05, 4.69) is 0 Å². The zero-order valence-corrected chi connectivity index (χ0v) is 12.7. The third-order valence-electron chi connectivity index (χ3n) is 3.15. The zero-order chi connectivity index (χ0) is 17.0. The van der Waals surface area contributed by atoms with Crippen molar-refractivity contribution in [2.75, 3.05) is 25.7 Å². The molecule has 0 heterocycles. The molecule has 0 bridgehead atoms. The Kier molecular flexibility index (Phi) is 4.70. The molecule has 0 atom stereocenters. The second-order valence-corrected chi connectivity index (χ2v) is 4.58. The van der Waals surface area contributed by atoms with E-state index in [1.165, 1.54) is 38.5 Å². The van der Waals surface area contributed by atoms with Crippen LogP contribution in [0.3, 0.4) is 0 Å². The number of carbonyl (C=O) groups is 2. The summed E-state index contributed by atoms with van der Waals surface area (Å²) in [5.74, 6) is -0.957. The number of methoxy groups -OCH3 is 2. The minimum Gasteiger partial charge on any atom is -0.497 e. The summed E-state index contributed by atoms with van der Waals surface area (Å²) in [7, 11) is 2.89. The van der Waals surface area contributed by atoms with Gasteiger partial charge in [0.2, 0.25) is 0 Å². The number of esters is 2. The van der Waals surface area contributed by atoms with Crippen molar-refractivity contribution >= 4 is 23.3 Å². The summed E-state index contributed by atoms with van der Waals surface area (Å²) < 4.78 is 14.9. The Morgan fingerprint density at radius 1 is 0.783 bits per heavy atom. The molecule has 23 heavy (non-hydrogen) atoms. The smallest absolute Gasteiger partial charge is 0.348 e. The second-order valence-electron chi connectivity index (χ2n) is 4.58. The molecule has 0 amide bonds. The van der Waals surface area contributed by atoms with E-state index in [1.807, 2.05) is 0 Å². The summed E-state index contributed by atoms with van der Waals surface area (Å²) in [6.45, 7) is 0. The number of carbonyl (C=O) groups excluding carboxylic acids is 2. The van der Waals surface area contributed by atoms with Crippen molar-refractivity contribution in [1.82, 2.24) is 0 Å². The molecule has 4 N–H and O–H groups in total. The zero-order valence-electron chi connectivity index (χ0n) is 12.7. The number of ether oxygens (including phenoxy) is 3. The van der Waals surface area contributed by atoms with Gasteiger partial charge in [-0.25, -0.2) is 9.59 Å². The van der Waals surface area contributed by atoms with Crippen LogP contribution in [0.15, 0.2) is 36.4 Å². The molecule has 0 spiro atoms. The van der Waals surface area contributed by atoms with Gasteiger partial charge in [0.25, 0.3) is 0 Å². The summed E-state index contributed by atoms with van der Waals surface area (Å²) in [6.07, 6.45) is 0. The lowest BCUT2D eigenvalue weighted by Crippen LogP contribution is -2.16. The van der Waals surface area contributed by atoms with Gasteiger partial charge in [-0.3, -0.25) is 0 Å². The van der Waals surface area contributed by atoms with Gasteiger partial charge < -0.3 is 25.7 Å². The van der Waals surface area contributed by atoms with Crippen LogP contribution < -0.4 is 20.9 Å². The maximum Gasteiger partial charge on any atom is 0.348 e. The van der Waals surface area contributed by atoms with Crippen LogP contribution in [0, 0.1) is 0 Å². The molecule has 0 saturated heterocycles. The first kappa shape index (κ1) is 16.2.